The number of benzene rings is 3. The Hall–Kier alpha value is -4.72. The van der Waals surface area contributed by atoms with E-state index in [1.165, 1.54) is 5.56 Å². The molecule has 0 unspecified atom stereocenters. The summed E-state index contributed by atoms with van der Waals surface area (Å²) >= 11 is 0. The number of nitrogens with zero attached hydrogens (tertiary/aromatic N) is 3. The summed E-state index contributed by atoms with van der Waals surface area (Å²) in [6.07, 6.45) is 9.64. The van der Waals surface area contributed by atoms with Crippen LogP contribution in [0.5, 0.6) is 0 Å². The Bertz CT molecular complexity index is 1870. The highest BCUT2D eigenvalue weighted by atomic mass is 19.1. The lowest BCUT2D eigenvalue weighted by Crippen LogP contribution is -2.55. The Morgan fingerprint density at radius 1 is 0.808 bits per heavy atom. The number of carboxylic acids is 1. The zero-order valence-corrected chi connectivity index (χ0v) is 30.8. The third-order valence-electron chi connectivity index (χ3n) is 11.2. The van der Waals surface area contributed by atoms with Crippen LogP contribution in [0.2, 0.25) is 0 Å². The minimum atomic E-state index is -0.898. The van der Waals surface area contributed by atoms with Gasteiger partial charge in [0.25, 0.3) is 0 Å². The summed E-state index contributed by atoms with van der Waals surface area (Å²) in [7, 11) is 0. The average Bonchev–Trinajstić information content (AvgIpc) is 3.11. The molecule has 1 aliphatic carbocycles. The van der Waals surface area contributed by atoms with Crippen molar-refractivity contribution in [2.24, 2.45) is 29.1 Å². The van der Waals surface area contributed by atoms with E-state index in [2.05, 4.69) is 49.8 Å². The smallest absolute Gasteiger partial charge is 0.310 e. The van der Waals surface area contributed by atoms with Crippen molar-refractivity contribution in [3.63, 3.8) is 0 Å². The second kappa shape index (κ2) is 15.9. The molecule has 2 fully saturated rings. The van der Waals surface area contributed by atoms with Crippen molar-refractivity contribution in [2.75, 3.05) is 13.1 Å². The van der Waals surface area contributed by atoms with E-state index in [9.17, 15) is 19.5 Å². The number of aromatic nitrogens is 2. The Morgan fingerprint density at radius 2 is 1.40 bits per heavy atom. The Labute approximate surface area is 306 Å². The zero-order valence-electron chi connectivity index (χ0n) is 30.8. The van der Waals surface area contributed by atoms with Gasteiger partial charge in [0, 0.05) is 60.4 Å². The third kappa shape index (κ3) is 8.66. The highest BCUT2D eigenvalue weighted by Crippen LogP contribution is 2.41. The summed E-state index contributed by atoms with van der Waals surface area (Å²) in [5.74, 6) is -1.30. The molecule has 1 saturated heterocycles. The molecule has 272 valence electrons. The molecule has 1 aliphatic heterocycles. The van der Waals surface area contributed by atoms with Crippen LogP contribution >= 0.6 is 0 Å². The summed E-state index contributed by atoms with van der Waals surface area (Å²) in [6, 6.07) is 21.1. The largest absolute Gasteiger partial charge is 0.481 e. The molecule has 6 rings (SSSR count). The summed E-state index contributed by atoms with van der Waals surface area (Å²) in [4.78, 5) is 49.2. The van der Waals surface area contributed by atoms with Crippen molar-refractivity contribution < 1.29 is 23.9 Å². The van der Waals surface area contributed by atoms with Gasteiger partial charge >= 0.3 is 5.97 Å². The van der Waals surface area contributed by atoms with Gasteiger partial charge < -0.3 is 10.0 Å². The SMILES string of the molecule is CCCc1ccc(-c2ccc(-c3cnc(-c4ccc(C[C@H](CC(=O)C5CCC(C(C)(C)C)CC5)C(=O)N5CC(C(=O)O)C5)cc4)nc3)c(F)c2)cc1. The number of carbonyl (C=O) groups is 3. The van der Waals surface area contributed by atoms with Gasteiger partial charge in [-0.1, -0.05) is 94.8 Å². The Balaban J connectivity index is 1.11. The van der Waals surface area contributed by atoms with Gasteiger partial charge in [0.05, 0.1) is 5.92 Å². The average molecular weight is 704 g/mol. The van der Waals surface area contributed by atoms with Gasteiger partial charge in [-0.3, -0.25) is 14.4 Å². The van der Waals surface area contributed by atoms with E-state index in [0.717, 1.165) is 60.8 Å². The van der Waals surface area contributed by atoms with Crippen LogP contribution in [0.3, 0.4) is 0 Å². The van der Waals surface area contributed by atoms with E-state index < -0.39 is 17.8 Å². The first-order valence-corrected chi connectivity index (χ1v) is 18.7. The van der Waals surface area contributed by atoms with E-state index in [0.29, 0.717) is 29.3 Å². The standard InChI is InChI=1S/C44H50FN3O4/c1-5-6-28-7-11-30(12-8-28)33-17-20-38(39(45)22-33)35-24-46-41(47-25-35)32-13-9-29(10-14-32)21-34(42(50)48-26-36(27-48)43(51)52)23-40(49)31-15-18-37(19-16-31)44(2,3)4/h7-14,17,20,22,24-25,31,34,36-37H,5-6,15-16,18-19,21,23,26-27H2,1-4H3,(H,51,52)/t31?,34-,37?/m1/s1. The fraction of sp³-hybridized carbons (Fsp3) is 0.432. The molecule has 1 saturated carbocycles. The first-order chi connectivity index (χ1) is 24.9. The number of carboxylic acid groups (broad SMARTS) is 1. The number of likely N-dealkylation sites (tertiary alicyclic amines) is 1. The van der Waals surface area contributed by atoms with Gasteiger partial charge in [0.2, 0.25) is 5.91 Å². The lowest BCUT2D eigenvalue weighted by atomic mass is 9.68. The van der Waals surface area contributed by atoms with Gasteiger partial charge in [-0.15, -0.1) is 0 Å². The summed E-state index contributed by atoms with van der Waals surface area (Å²) in [5, 5.41) is 9.36. The van der Waals surface area contributed by atoms with Gasteiger partial charge in [-0.2, -0.15) is 0 Å². The highest BCUT2D eigenvalue weighted by molar-refractivity contribution is 5.89. The first-order valence-electron chi connectivity index (χ1n) is 18.7. The van der Waals surface area contributed by atoms with Gasteiger partial charge in [0.15, 0.2) is 5.82 Å². The molecule has 52 heavy (non-hydrogen) atoms. The molecule has 7 nitrogen and oxygen atoms in total. The molecule has 3 aromatic carbocycles. The summed E-state index contributed by atoms with van der Waals surface area (Å²) in [5.41, 5.74) is 5.95. The number of aliphatic carboxylic acids is 1. The van der Waals surface area contributed by atoms with Crippen LogP contribution in [0.4, 0.5) is 4.39 Å². The lowest BCUT2D eigenvalue weighted by Gasteiger charge is -2.39. The summed E-state index contributed by atoms with van der Waals surface area (Å²) < 4.78 is 15.3. The first kappa shape index (κ1) is 37.1. The lowest BCUT2D eigenvalue weighted by molar-refractivity contribution is -0.155. The molecule has 0 radical (unpaired) electrons. The minimum absolute atomic E-state index is 0.0336. The van der Waals surface area contributed by atoms with E-state index in [4.69, 9.17) is 0 Å². The van der Waals surface area contributed by atoms with Crippen molar-refractivity contribution >= 4 is 17.7 Å². The van der Waals surface area contributed by atoms with Crippen molar-refractivity contribution in [2.45, 2.75) is 79.1 Å². The predicted octanol–water partition coefficient (Wildman–Crippen LogP) is 9.08. The zero-order chi connectivity index (χ0) is 37.0. The maximum Gasteiger partial charge on any atom is 0.310 e. The van der Waals surface area contributed by atoms with E-state index in [1.54, 1.807) is 29.4 Å². The van der Waals surface area contributed by atoms with Crippen molar-refractivity contribution in [1.29, 1.82) is 0 Å². The van der Waals surface area contributed by atoms with Crippen molar-refractivity contribution in [3.05, 3.63) is 96.1 Å². The monoisotopic (exact) mass is 703 g/mol. The molecule has 1 amide bonds. The second-order valence-electron chi connectivity index (χ2n) is 15.9. The molecule has 1 aromatic heterocycles. The topological polar surface area (TPSA) is 100 Å². The number of ketones is 1. The molecule has 1 atom stereocenters. The number of carbonyl (C=O) groups excluding carboxylic acids is 2. The maximum atomic E-state index is 15.3. The number of hydrogen-bond acceptors (Lipinski definition) is 5. The van der Waals surface area contributed by atoms with E-state index in [-0.39, 0.29) is 48.4 Å². The van der Waals surface area contributed by atoms with Crippen LogP contribution < -0.4 is 0 Å². The van der Waals surface area contributed by atoms with Crippen LogP contribution in [0, 0.1) is 34.9 Å². The van der Waals surface area contributed by atoms with Crippen LogP contribution in [-0.4, -0.2) is 50.7 Å². The number of amides is 1. The molecule has 2 heterocycles. The number of halogens is 1. The van der Waals surface area contributed by atoms with Gasteiger partial charge in [0.1, 0.15) is 11.6 Å². The molecule has 4 aromatic rings. The number of aryl methyl sites for hydroxylation is 1. The molecule has 0 spiro atoms. The van der Waals surface area contributed by atoms with E-state index in [1.807, 2.05) is 42.5 Å². The number of Topliss-reactive ketones (excluding diaryl/α,β-unsaturated/α-hetero) is 1. The maximum absolute atomic E-state index is 15.3. The fourth-order valence-electron chi connectivity index (χ4n) is 7.78. The van der Waals surface area contributed by atoms with Crippen LogP contribution in [0.1, 0.15) is 77.3 Å². The number of rotatable bonds is 12. The molecular weight excluding hydrogens is 653 g/mol. The van der Waals surface area contributed by atoms with Crippen LogP contribution in [0.25, 0.3) is 33.6 Å². The quantitative estimate of drug-likeness (QED) is 0.158. The minimum Gasteiger partial charge on any atom is -0.481 e. The molecule has 8 heteroatoms. The molecular formula is C44H50FN3O4. The van der Waals surface area contributed by atoms with Gasteiger partial charge in [-0.05, 0) is 78.2 Å². The van der Waals surface area contributed by atoms with Crippen LogP contribution in [0.15, 0.2) is 79.1 Å². The van der Waals surface area contributed by atoms with E-state index >= 15 is 4.39 Å². The number of hydrogen-bond donors (Lipinski definition) is 1. The summed E-state index contributed by atoms with van der Waals surface area (Å²) in [6.45, 7) is 9.29. The van der Waals surface area contributed by atoms with Crippen LogP contribution in [-0.2, 0) is 27.2 Å². The Kier molecular flexibility index (Phi) is 11.3. The molecule has 2 aliphatic rings. The molecule has 1 N–H and O–H groups in total. The van der Waals surface area contributed by atoms with Crippen molar-refractivity contribution in [1.82, 2.24) is 14.9 Å². The fourth-order valence-corrected chi connectivity index (χ4v) is 7.78. The predicted molar refractivity (Wildman–Crippen MR) is 202 cm³/mol. The normalized spacial score (nSPS) is 18.4. The Morgan fingerprint density at radius 3 is 1.98 bits per heavy atom. The third-order valence-corrected chi connectivity index (χ3v) is 11.2. The highest BCUT2D eigenvalue weighted by Gasteiger charge is 2.40. The molecule has 0 bridgehead atoms. The second-order valence-corrected chi connectivity index (χ2v) is 15.9. The van der Waals surface area contributed by atoms with Crippen molar-refractivity contribution in [3.8, 4) is 33.6 Å². The van der Waals surface area contributed by atoms with Gasteiger partial charge in [-0.25, -0.2) is 14.4 Å².